The monoisotopic (exact) mass is 153 g/mol. The molecule has 1 heteroatoms. The van der Waals surface area contributed by atoms with E-state index in [1.54, 1.807) is 0 Å². The van der Waals surface area contributed by atoms with Crippen LogP contribution in [0, 0.1) is 0 Å². The second-order valence-corrected chi connectivity index (χ2v) is 4.17. The number of piperidine rings is 2. The molecular weight excluding hydrogens is 134 g/mol. The summed E-state index contributed by atoms with van der Waals surface area (Å²) in [6.45, 7) is 3.78. The molecule has 11 heavy (non-hydrogen) atoms. The maximum atomic E-state index is 2.74. The molecular formula is C10H19N. The average molecular weight is 153 g/mol. The largest absolute Gasteiger partial charge is 0.298 e. The van der Waals surface area contributed by atoms with Crippen LogP contribution in [0.5, 0.6) is 0 Å². The summed E-state index contributed by atoms with van der Waals surface area (Å²) in [5, 5.41) is 0. The highest BCUT2D eigenvalue weighted by atomic mass is 15.2. The minimum atomic E-state index is 0.883. The lowest BCUT2D eigenvalue weighted by molar-refractivity contribution is 0.0614. The summed E-state index contributed by atoms with van der Waals surface area (Å²) >= 11 is 0. The van der Waals surface area contributed by atoms with E-state index in [0.717, 1.165) is 12.1 Å². The van der Waals surface area contributed by atoms with Crippen molar-refractivity contribution in [2.75, 3.05) is 6.54 Å². The molecule has 0 aromatic carbocycles. The molecule has 2 heterocycles. The molecule has 2 fully saturated rings. The van der Waals surface area contributed by atoms with Crippen molar-refractivity contribution in [3.05, 3.63) is 0 Å². The molecule has 0 unspecified atom stereocenters. The van der Waals surface area contributed by atoms with Gasteiger partial charge in [-0.05, 0) is 39.2 Å². The molecule has 0 aliphatic carbocycles. The van der Waals surface area contributed by atoms with Gasteiger partial charge in [0.2, 0.25) is 0 Å². The number of hydrogen-bond donors (Lipinski definition) is 0. The molecule has 0 aromatic heterocycles. The Morgan fingerprint density at radius 1 is 1.00 bits per heavy atom. The summed E-state index contributed by atoms with van der Waals surface area (Å²) in [5.41, 5.74) is 0. The van der Waals surface area contributed by atoms with Crippen LogP contribution in [0.3, 0.4) is 0 Å². The van der Waals surface area contributed by atoms with Gasteiger partial charge in [0.15, 0.2) is 0 Å². The minimum Gasteiger partial charge on any atom is -0.298 e. The lowest BCUT2D eigenvalue weighted by atomic mass is 9.90. The second kappa shape index (κ2) is 3.14. The lowest BCUT2D eigenvalue weighted by Crippen LogP contribution is -2.47. The van der Waals surface area contributed by atoms with E-state index in [4.69, 9.17) is 0 Å². The highest BCUT2D eigenvalue weighted by Gasteiger charge is 2.29. The number of nitrogens with zero attached hydrogens (tertiary/aromatic N) is 1. The Kier molecular flexibility index (Phi) is 2.17. The molecule has 0 bridgehead atoms. The standard InChI is InChI=1S/C10H19N/c1-9-5-4-7-10-6-2-3-8-11(9)10/h9-10H,2-8H2,1H3/t9-,10+/m0/s1. The summed E-state index contributed by atoms with van der Waals surface area (Å²) in [6, 6.07) is 1.85. The van der Waals surface area contributed by atoms with E-state index in [-0.39, 0.29) is 0 Å². The molecule has 0 radical (unpaired) electrons. The first kappa shape index (κ1) is 7.60. The Morgan fingerprint density at radius 2 is 1.82 bits per heavy atom. The van der Waals surface area contributed by atoms with E-state index in [0.29, 0.717) is 0 Å². The van der Waals surface area contributed by atoms with Crippen molar-refractivity contribution in [3.63, 3.8) is 0 Å². The first-order chi connectivity index (χ1) is 5.38. The van der Waals surface area contributed by atoms with Crippen LogP contribution in [-0.2, 0) is 0 Å². The molecule has 2 aliphatic heterocycles. The summed E-state index contributed by atoms with van der Waals surface area (Å²) in [7, 11) is 0. The van der Waals surface area contributed by atoms with Crippen molar-refractivity contribution in [1.29, 1.82) is 0 Å². The number of rotatable bonds is 0. The van der Waals surface area contributed by atoms with Crippen LogP contribution in [0.25, 0.3) is 0 Å². The number of hydrogen-bond acceptors (Lipinski definition) is 1. The van der Waals surface area contributed by atoms with Gasteiger partial charge in [0.25, 0.3) is 0 Å². The van der Waals surface area contributed by atoms with Crippen LogP contribution in [-0.4, -0.2) is 23.5 Å². The molecule has 2 atom stereocenters. The van der Waals surface area contributed by atoms with Crippen molar-refractivity contribution < 1.29 is 0 Å². The first-order valence-corrected chi connectivity index (χ1v) is 5.13. The average Bonchev–Trinajstić information content (AvgIpc) is 2.06. The van der Waals surface area contributed by atoms with Crippen LogP contribution >= 0.6 is 0 Å². The molecule has 0 N–H and O–H groups in total. The van der Waals surface area contributed by atoms with Gasteiger partial charge >= 0.3 is 0 Å². The Morgan fingerprint density at radius 3 is 2.64 bits per heavy atom. The maximum Gasteiger partial charge on any atom is 0.00980 e. The van der Waals surface area contributed by atoms with E-state index in [1.807, 2.05) is 0 Å². The fourth-order valence-corrected chi connectivity index (χ4v) is 2.73. The van der Waals surface area contributed by atoms with Crippen LogP contribution in [0.15, 0.2) is 0 Å². The molecule has 2 rings (SSSR count). The third-order valence-electron chi connectivity index (χ3n) is 3.40. The third kappa shape index (κ3) is 1.44. The highest BCUT2D eigenvalue weighted by Crippen LogP contribution is 2.29. The van der Waals surface area contributed by atoms with E-state index < -0.39 is 0 Å². The number of fused-ring (bicyclic) bond motifs is 1. The van der Waals surface area contributed by atoms with E-state index in [9.17, 15) is 0 Å². The summed E-state index contributed by atoms with van der Waals surface area (Å²) < 4.78 is 0. The Balaban J connectivity index is 1.99. The molecule has 2 saturated heterocycles. The zero-order chi connectivity index (χ0) is 7.68. The first-order valence-electron chi connectivity index (χ1n) is 5.13. The van der Waals surface area contributed by atoms with Gasteiger partial charge in [-0.25, -0.2) is 0 Å². The van der Waals surface area contributed by atoms with Crippen molar-refractivity contribution in [2.45, 2.75) is 57.5 Å². The van der Waals surface area contributed by atoms with Crippen LogP contribution < -0.4 is 0 Å². The fourth-order valence-electron chi connectivity index (χ4n) is 2.73. The fraction of sp³-hybridized carbons (Fsp3) is 1.00. The normalized spacial score (nSPS) is 40.1. The Hall–Kier alpha value is -0.0400. The predicted octanol–water partition coefficient (Wildman–Crippen LogP) is 2.41. The van der Waals surface area contributed by atoms with Gasteiger partial charge in [-0.3, -0.25) is 4.90 Å². The van der Waals surface area contributed by atoms with Crippen LogP contribution in [0.2, 0.25) is 0 Å². The van der Waals surface area contributed by atoms with E-state index in [2.05, 4.69) is 11.8 Å². The predicted molar refractivity (Wildman–Crippen MR) is 47.7 cm³/mol. The van der Waals surface area contributed by atoms with Gasteiger partial charge in [-0.15, -0.1) is 0 Å². The Labute approximate surface area is 69.8 Å². The van der Waals surface area contributed by atoms with Crippen molar-refractivity contribution in [2.24, 2.45) is 0 Å². The van der Waals surface area contributed by atoms with Gasteiger partial charge < -0.3 is 0 Å². The van der Waals surface area contributed by atoms with Gasteiger partial charge in [0.05, 0.1) is 0 Å². The smallest absolute Gasteiger partial charge is 0.00980 e. The second-order valence-electron chi connectivity index (χ2n) is 4.17. The maximum absolute atomic E-state index is 2.74. The van der Waals surface area contributed by atoms with E-state index >= 15 is 0 Å². The molecule has 2 aliphatic rings. The van der Waals surface area contributed by atoms with Crippen LogP contribution in [0.4, 0.5) is 0 Å². The SMILES string of the molecule is C[C@H]1CCC[C@H]2CCCCN21. The summed E-state index contributed by atoms with van der Waals surface area (Å²) in [6.07, 6.45) is 8.79. The van der Waals surface area contributed by atoms with Crippen molar-refractivity contribution in [1.82, 2.24) is 4.90 Å². The van der Waals surface area contributed by atoms with Crippen molar-refractivity contribution in [3.8, 4) is 0 Å². The molecule has 0 aromatic rings. The van der Waals surface area contributed by atoms with Gasteiger partial charge in [0, 0.05) is 12.1 Å². The minimum absolute atomic E-state index is 0.883. The van der Waals surface area contributed by atoms with Crippen molar-refractivity contribution >= 4 is 0 Å². The molecule has 0 amide bonds. The topological polar surface area (TPSA) is 3.24 Å². The molecule has 64 valence electrons. The quantitative estimate of drug-likeness (QED) is 0.516. The third-order valence-corrected chi connectivity index (χ3v) is 3.40. The van der Waals surface area contributed by atoms with Gasteiger partial charge in [-0.2, -0.15) is 0 Å². The molecule has 1 nitrogen and oxygen atoms in total. The highest BCUT2D eigenvalue weighted by molar-refractivity contribution is 4.84. The zero-order valence-electron chi connectivity index (χ0n) is 7.55. The summed E-state index contributed by atoms with van der Waals surface area (Å²) in [4.78, 5) is 2.74. The van der Waals surface area contributed by atoms with Gasteiger partial charge in [0.1, 0.15) is 0 Å². The molecule has 0 spiro atoms. The molecule has 0 saturated carbocycles. The zero-order valence-corrected chi connectivity index (χ0v) is 7.55. The van der Waals surface area contributed by atoms with E-state index in [1.165, 1.54) is 45.1 Å². The van der Waals surface area contributed by atoms with Crippen LogP contribution in [0.1, 0.15) is 45.4 Å². The Bertz CT molecular complexity index is 131. The summed E-state index contributed by atoms with van der Waals surface area (Å²) in [5.74, 6) is 0. The lowest BCUT2D eigenvalue weighted by Gasteiger charge is -2.43. The van der Waals surface area contributed by atoms with Gasteiger partial charge in [-0.1, -0.05) is 12.8 Å².